The van der Waals surface area contributed by atoms with E-state index in [0.29, 0.717) is 5.41 Å². The van der Waals surface area contributed by atoms with Crippen LogP contribution >= 0.6 is 15.9 Å². The van der Waals surface area contributed by atoms with E-state index in [2.05, 4.69) is 85.2 Å². The minimum atomic E-state index is 0.465. The third-order valence-corrected chi connectivity index (χ3v) is 4.65. The topological polar surface area (TPSA) is 9.23 Å². The summed E-state index contributed by atoms with van der Waals surface area (Å²) in [5.41, 5.74) is 2.91. The number of hydrogen-bond donors (Lipinski definition) is 0. The van der Waals surface area contributed by atoms with Crippen molar-refractivity contribution in [1.29, 1.82) is 0 Å². The molecule has 130 valence electrons. The van der Waals surface area contributed by atoms with E-state index in [0.717, 1.165) is 23.2 Å². The Morgan fingerprint density at radius 3 is 1.88 bits per heavy atom. The number of ether oxygens (including phenoxy) is 1. The average molecular weight is 389 g/mol. The van der Waals surface area contributed by atoms with Crippen molar-refractivity contribution in [2.45, 2.75) is 52.9 Å². The second-order valence-corrected chi connectivity index (χ2v) is 8.52. The Bertz CT molecular complexity index is 593. The molecule has 0 N–H and O–H groups in total. The van der Waals surface area contributed by atoms with Gasteiger partial charge in [0.1, 0.15) is 5.75 Å². The van der Waals surface area contributed by atoms with Crippen LogP contribution in [0.25, 0.3) is 11.1 Å². The average Bonchev–Trinajstić information content (AvgIpc) is 2.54. The monoisotopic (exact) mass is 388 g/mol. The number of unbranched alkanes of at least 4 members (excludes halogenated alkanes) is 3. The summed E-state index contributed by atoms with van der Waals surface area (Å²) in [4.78, 5) is 0. The minimum absolute atomic E-state index is 0.465. The van der Waals surface area contributed by atoms with Gasteiger partial charge in [0, 0.05) is 4.47 Å². The van der Waals surface area contributed by atoms with Crippen molar-refractivity contribution in [3.05, 3.63) is 53.0 Å². The molecule has 2 rings (SSSR count). The summed E-state index contributed by atoms with van der Waals surface area (Å²) in [5.74, 6) is 0.963. The van der Waals surface area contributed by atoms with Crippen LogP contribution in [0.4, 0.5) is 0 Å². The van der Waals surface area contributed by atoms with E-state index in [1.165, 1.54) is 36.8 Å². The minimum Gasteiger partial charge on any atom is -0.494 e. The Morgan fingerprint density at radius 2 is 1.29 bits per heavy atom. The van der Waals surface area contributed by atoms with Crippen molar-refractivity contribution in [3.8, 4) is 16.9 Å². The molecule has 0 saturated carbocycles. The summed E-state index contributed by atoms with van der Waals surface area (Å²) < 4.78 is 6.96. The zero-order chi connectivity index (χ0) is 17.4. The van der Waals surface area contributed by atoms with Gasteiger partial charge in [0.2, 0.25) is 0 Å². The fraction of sp³-hybridized carbons (Fsp3) is 0.455. The van der Waals surface area contributed by atoms with E-state index < -0.39 is 0 Å². The van der Waals surface area contributed by atoms with E-state index in [4.69, 9.17) is 4.74 Å². The predicted molar refractivity (Wildman–Crippen MR) is 108 cm³/mol. The first-order valence-electron chi connectivity index (χ1n) is 8.93. The molecule has 0 fully saturated rings. The first-order chi connectivity index (χ1) is 11.4. The van der Waals surface area contributed by atoms with Gasteiger partial charge in [-0.1, -0.05) is 80.2 Å². The van der Waals surface area contributed by atoms with Crippen LogP contribution in [0.15, 0.2) is 53.0 Å². The van der Waals surface area contributed by atoms with Gasteiger partial charge in [0.05, 0.1) is 6.61 Å². The van der Waals surface area contributed by atoms with Crippen molar-refractivity contribution in [2.75, 3.05) is 6.61 Å². The molecule has 0 heterocycles. The van der Waals surface area contributed by atoms with Gasteiger partial charge in [-0.2, -0.15) is 0 Å². The standard InChI is InChI=1S/C22H29BrO/c1-22(2,3)16-6-4-5-7-17-24-21-14-10-19(11-15-21)18-8-12-20(23)13-9-18/h8-15H,4-7,16-17H2,1-3H3. The van der Waals surface area contributed by atoms with Crippen molar-refractivity contribution in [3.63, 3.8) is 0 Å². The molecule has 1 nitrogen and oxygen atoms in total. The highest BCUT2D eigenvalue weighted by Crippen LogP contribution is 2.24. The molecule has 2 heteroatoms. The summed E-state index contributed by atoms with van der Waals surface area (Å²) in [5, 5.41) is 0. The summed E-state index contributed by atoms with van der Waals surface area (Å²) >= 11 is 3.47. The molecule has 2 aromatic carbocycles. The van der Waals surface area contributed by atoms with Gasteiger partial charge in [-0.25, -0.2) is 0 Å². The molecule has 0 saturated heterocycles. The maximum Gasteiger partial charge on any atom is 0.119 e. The Kier molecular flexibility index (Phi) is 7.36. The van der Waals surface area contributed by atoms with Gasteiger partial charge in [-0.15, -0.1) is 0 Å². The van der Waals surface area contributed by atoms with Crippen LogP contribution in [0, 0.1) is 5.41 Å². The van der Waals surface area contributed by atoms with Crippen molar-refractivity contribution in [1.82, 2.24) is 0 Å². The number of hydrogen-bond acceptors (Lipinski definition) is 1. The van der Waals surface area contributed by atoms with E-state index in [1.54, 1.807) is 0 Å². The predicted octanol–water partition coefficient (Wildman–Crippen LogP) is 7.49. The highest BCUT2D eigenvalue weighted by atomic mass is 79.9. The summed E-state index contributed by atoms with van der Waals surface area (Å²) in [6.45, 7) is 7.75. The molecule has 0 aliphatic rings. The Morgan fingerprint density at radius 1 is 0.750 bits per heavy atom. The zero-order valence-electron chi connectivity index (χ0n) is 15.1. The highest BCUT2D eigenvalue weighted by Gasteiger charge is 2.08. The smallest absolute Gasteiger partial charge is 0.119 e. The van der Waals surface area contributed by atoms with E-state index in [-0.39, 0.29) is 0 Å². The summed E-state index contributed by atoms with van der Waals surface area (Å²) in [6, 6.07) is 16.8. The lowest BCUT2D eigenvalue weighted by molar-refractivity contribution is 0.300. The maximum atomic E-state index is 5.86. The van der Waals surface area contributed by atoms with Gasteiger partial charge in [0.15, 0.2) is 0 Å². The second kappa shape index (κ2) is 9.27. The fourth-order valence-corrected chi connectivity index (χ4v) is 2.95. The van der Waals surface area contributed by atoms with Gasteiger partial charge < -0.3 is 4.74 Å². The third-order valence-electron chi connectivity index (χ3n) is 4.12. The normalized spacial score (nSPS) is 11.5. The van der Waals surface area contributed by atoms with Gasteiger partial charge in [-0.05, 0) is 53.6 Å². The van der Waals surface area contributed by atoms with Crippen molar-refractivity contribution in [2.24, 2.45) is 5.41 Å². The molecule has 0 aliphatic carbocycles. The molecule has 0 aromatic heterocycles. The maximum absolute atomic E-state index is 5.86. The lowest BCUT2D eigenvalue weighted by Gasteiger charge is -2.17. The molecule has 0 spiro atoms. The van der Waals surface area contributed by atoms with Crippen LogP contribution in [0.2, 0.25) is 0 Å². The van der Waals surface area contributed by atoms with Crippen LogP contribution in [0.3, 0.4) is 0 Å². The van der Waals surface area contributed by atoms with Crippen molar-refractivity contribution < 1.29 is 4.74 Å². The van der Waals surface area contributed by atoms with Crippen LogP contribution in [-0.4, -0.2) is 6.61 Å². The lowest BCUT2D eigenvalue weighted by Crippen LogP contribution is -2.04. The second-order valence-electron chi connectivity index (χ2n) is 7.60. The molecule has 24 heavy (non-hydrogen) atoms. The largest absolute Gasteiger partial charge is 0.494 e. The van der Waals surface area contributed by atoms with Crippen LogP contribution in [0.5, 0.6) is 5.75 Å². The Labute approximate surface area is 155 Å². The quantitative estimate of drug-likeness (QED) is 0.425. The SMILES string of the molecule is CC(C)(C)CCCCCCOc1ccc(-c2ccc(Br)cc2)cc1. The molecule has 0 radical (unpaired) electrons. The van der Waals surface area contributed by atoms with E-state index in [9.17, 15) is 0 Å². The molecule has 0 bridgehead atoms. The summed E-state index contributed by atoms with van der Waals surface area (Å²) in [6.07, 6.45) is 6.34. The van der Waals surface area contributed by atoms with E-state index >= 15 is 0 Å². The summed E-state index contributed by atoms with van der Waals surface area (Å²) in [7, 11) is 0. The fourth-order valence-electron chi connectivity index (χ4n) is 2.69. The number of rotatable bonds is 8. The highest BCUT2D eigenvalue weighted by molar-refractivity contribution is 9.10. The molecule has 0 aliphatic heterocycles. The molecule has 0 atom stereocenters. The van der Waals surface area contributed by atoms with E-state index in [1.807, 2.05) is 0 Å². The van der Waals surface area contributed by atoms with Crippen molar-refractivity contribution >= 4 is 15.9 Å². The van der Waals surface area contributed by atoms with Gasteiger partial charge in [0.25, 0.3) is 0 Å². The Balaban J connectivity index is 1.68. The molecule has 2 aromatic rings. The third kappa shape index (κ3) is 7.09. The van der Waals surface area contributed by atoms with Gasteiger partial charge >= 0.3 is 0 Å². The molecule has 0 unspecified atom stereocenters. The molecular weight excluding hydrogens is 360 g/mol. The van der Waals surface area contributed by atoms with Crippen LogP contribution in [0.1, 0.15) is 52.9 Å². The number of halogens is 1. The van der Waals surface area contributed by atoms with Crippen LogP contribution in [-0.2, 0) is 0 Å². The van der Waals surface area contributed by atoms with Gasteiger partial charge in [-0.3, -0.25) is 0 Å². The molecule has 0 amide bonds. The van der Waals surface area contributed by atoms with Crippen LogP contribution < -0.4 is 4.74 Å². The lowest BCUT2D eigenvalue weighted by atomic mass is 9.89. The molecular formula is C22H29BrO. The zero-order valence-corrected chi connectivity index (χ0v) is 16.7. The Hall–Kier alpha value is -1.28. The number of benzene rings is 2. The first-order valence-corrected chi connectivity index (χ1v) is 9.72. The first kappa shape index (κ1) is 19.1.